The Labute approximate surface area is 109 Å². The van der Waals surface area contributed by atoms with Gasteiger partial charge in [-0.1, -0.05) is 0 Å². The topological polar surface area (TPSA) is 33.1 Å². The molecule has 0 aliphatic carbocycles. The summed E-state index contributed by atoms with van der Waals surface area (Å²) in [6, 6.07) is 1.46. The molecular formula is C14H24N4. The first-order valence-corrected chi connectivity index (χ1v) is 7.16. The Hall–Kier alpha value is -1.03. The zero-order valence-electron chi connectivity index (χ0n) is 11.7. The van der Waals surface area contributed by atoms with Crippen molar-refractivity contribution in [1.29, 1.82) is 0 Å². The van der Waals surface area contributed by atoms with Gasteiger partial charge in [0.05, 0.1) is 17.1 Å². The van der Waals surface area contributed by atoms with Crippen LogP contribution in [0.4, 0.5) is 5.69 Å². The molecular weight excluding hydrogens is 224 g/mol. The predicted octanol–water partition coefficient (Wildman–Crippen LogP) is 2.08. The predicted molar refractivity (Wildman–Crippen MR) is 73.9 cm³/mol. The molecule has 18 heavy (non-hydrogen) atoms. The van der Waals surface area contributed by atoms with Crippen molar-refractivity contribution < 1.29 is 0 Å². The number of piperidine rings is 1. The molecule has 3 rings (SSSR count). The molecule has 100 valence electrons. The highest BCUT2D eigenvalue weighted by atomic mass is 15.3. The van der Waals surface area contributed by atoms with E-state index in [1.807, 2.05) is 11.7 Å². The molecule has 1 N–H and O–H groups in total. The Bertz CT molecular complexity index is 437. The summed E-state index contributed by atoms with van der Waals surface area (Å²) >= 11 is 0. The zero-order valence-corrected chi connectivity index (χ0v) is 11.7. The Morgan fingerprint density at radius 3 is 2.78 bits per heavy atom. The summed E-state index contributed by atoms with van der Waals surface area (Å²) in [6.07, 6.45) is 5.35. The van der Waals surface area contributed by atoms with Crippen molar-refractivity contribution in [2.45, 2.75) is 51.6 Å². The van der Waals surface area contributed by atoms with Gasteiger partial charge >= 0.3 is 0 Å². The second kappa shape index (κ2) is 4.57. The quantitative estimate of drug-likeness (QED) is 0.870. The number of anilines is 1. The van der Waals surface area contributed by atoms with Gasteiger partial charge in [-0.25, -0.2) is 0 Å². The summed E-state index contributed by atoms with van der Waals surface area (Å²) in [6.45, 7) is 6.83. The van der Waals surface area contributed by atoms with Crippen LogP contribution in [0.2, 0.25) is 0 Å². The third-order valence-corrected chi connectivity index (χ3v) is 4.68. The van der Waals surface area contributed by atoms with Gasteiger partial charge in [-0.3, -0.25) is 4.68 Å². The van der Waals surface area contributed by atoms with Crippen LogP contribution in [-0.2, 0) is 7.05 Å². The zero-order chi connectivity index (χ0) is 12.7. The van der Waals surface area contributed by atoms with Gasteiger partial charge in [0.2, 0.25) is 0 Å². The van der Waals surface area contributed by atoms with Gasteiger partial charge in [-0.05, 0) is 46.1 Å². The van der Waals surface area contributed by atoms with E-state index >= 15 is 0 Å². The molecule has 2 fully saturated rings. The van der Waals surface area contributed by atoms with Gasteiger partial charge in [0, 0.05) is 25.7 Å². The molecule has 1 aromatic heterocycles. The van der Waals surface area contributed by atoms with Gasteiger partial charge in [0.25, 0.3) is 0 Å². The van der Waals surface area contributed by atoms with Crippen LogP contribution in [0.25, 0.3) is 0 Å². The van der Waals surface area contributed by atoms with Crippen molar-refractivity contribution in [3.8, 4) is 0 Å². The summed E-state index contributed by atoms with van der Waals surface area (Å²) in [5, 5.41) is 8.23. The maximum absolute atomic E-state index is 4.49. The molecule has 2 aliphatic rings. The van der Waals surface area contributed by atoms with E-state index in [0.29, 0.717) is 6.04 Å². The highest BCUT2D eigenvalue weighted by Gasteiger charge is 2.32. The lowest BCUT2D eigenvalue weighted by Crippen LogP contribution is -2.42. The molecule has 4 nitrogen and oxygen atoms in total. The number of hydrogen-bond acceptors (Lipinski definition) is 3. The van der Waals surface area contributed by atoms with Gasteiger partial charge < -0.3 is 10.2 Å². The van der Waals surface area contributed by atoms with Crippen LogP contribution in [0.15, 0.2) is 0 Å². The smallest absolute Gasteiger partial charge is 0.0827 e. The van der Waals surface area contributed by atoms with Crippen LogP contribution in [0.3, 0.4) is 0 Å². The second-order valence-electron chi connectivity index (χ2n) is 5.87. The number of aryl methyl sites for hydroxylation is 2. The molecule has 2 aliphatic heterocycles. The van der Waals surface area contributed by atoms with Gasteiger partial charge in [-0.2, -0.15) is 5.10 Å². The average Bonchev–Trinajstić information content (AvgIpc) is 2.89. The summed E-state index contributed by atoms with van der Waals surface area (Å²) in [5.74, 6) is 0. The van der Waals surface area contributed by atoms with Crippen molar-refractivity contribution in [3.05, 3.63) is 11.4 Å². The lowest BCUT2D eigenvalue weighted by molar-refractivity contribution is 0.188. The van der Waals surface area contributed by atoms with E-state index in [2.05, 4.69) is 29.2 Å². The van der Waals surface area contributed by atoms with Crippen LogP contribution < -0.4 is 5.32 Å². The van der Waals surface area contributed by atoms with Crippen LogP contribution in [0.5, 0.6) is 0 Å². The molecule has 0 radical (unpaired) electrons. The first kappa shape index (κ1) is 12.0. The highest BCUT2D eigenvalue weighted by molar-refractivity contribution is 5.52. The normalized spacial score (nSPS) is 28.4. The molecule has 2 unspecified atom stereocenters. The minimum atomic E-state index is 0.631. The van der Waals surface area contributed by atoms with Gasteiger partial charge in [-0.15, -0.1) is 0 Å². The van der Waals surface area contributed by atoms with Crippen LogP contribution in [0.1, 0.15) is 37.1 Å². The Kier molecular flexibility index (Phi) is 3.06. The summed E-state index contributed by atoms with van der Waals surface area (Å²) in [4.78, 5) is 2.67. The molecule has 0 bridgehead atoms. The summed E-state index contributed by atoms with van der Waals surface area (Å²) < 4.78 is 1.97. The van der Waals surface area contributed by atoms with Crippen molar-refractivity contribution in [1.82, 2.24) is 14.7 Å². The maximum Gasteiger partial charge on any atom is 0.0827 e. The van der Waals surface area contributed by atoms with Crippen molar-refractivity contribution in [2.24, 2.45) is 7.05 Å². The Morgan fingerprint density at radius 1 is 1.22 bits per heavy atom. The first-order valence-electron chi connectivity index (χ1n) is 7.16. The van der Waals surface area contributed by atoms with Crippen LogP contribution in [-0.4, -0.2) is 39.9 Å². The van der Waals surface area contributed by atoms with Crippen molar-refractivity contribution in [2.75, 3.05) is 18.4 Å². The van der Waals surface area contributed by atoms with E-state index in [0.717, 1.165) is 11.7 Å². The number of fused-ring (bicyclic) bond motifs is 1. The van der Waals surface area contributed by atoms with E-state index < -0.39 is 0 Å². The van der Waals surface area contributed by atoms with E-state index in [9.17, 15) is 0 Å². The fraction of sp³-hybridized carbons (Fsp3) is 0.786. The Balaban J connectivity index is 1.69. The largest absolute Gasteiger partial charge is 0.379 e. The molecule has 0 amide bonds. The van der Waals surface area contributed by atoms with Gasteiger partial charge in [0.15, 0.2) is 0 Å². The first-order chi connectivity index (χ1) is 8.65. The number of rotatable bonds is 2. The number of hydrogen-bond donors (Lipinski definition) is 1. The fourth-order valence-corrected chi connectivity index (χ4v) is 3.54. The van der Waals surface area contributed by atoms with E-state index in [1.54, 1.807) is 0 Å². The lowest BCUT2D eigenvalue weighted by atomic mass is 9.97. The number of aromatic nitrogens is 2. The molecule has 0 saturated carbocycles. The number of nitrogens with zero attached hydrogens (tertiary/aromatic N) is 3. The molecule has 1 aromatic rings. The van der Waals surface area contributed by atoms with Crippen LogP contribution in [0, 0.1) is 13.8 Å². The SMILES string of the molecule is Cc1nn(C)c(C)c1NC1CCN2CCCC2C1. The maximum atomic E-state index is 4.49. The number of nitrogens with one attached hydrogen (secondary N) is 1. The molecule has 2 atom stereocenters. The minimum absolute atomic E-state index is 0.631. The van der Waals surface area contributed by atoms with Crippen molar-refractivity contribution in [3.63, 3.8) is 0 Å². The fourth-order valence-electron chi connectivity index (χ4n) is 3.54. The molecule has 3 heterocycles. The van der Waals surface area contributed by atoms with Gasteiger partial charge in [0.1, 0.15) is 0 Å². The van der Waals surface area contributed by atoms with E-state index in [1.165, 1.54) is 50.2 Å². The Morgan fingerprint density at radius 2 is 2.06 bits per heavy atom. The van der Waals surface area contributed by atoms with E-state index in [4.69, 9.17) is 0 Å². The molecule has 0 aromatic carbocycles. The summed E-state index contributed by atoms with van der Waals surface area (Å²) in [7, 11) is 2.02. The molecule has 0 spiro atoms. The summed E-state index contributed by atoms with van der Waals surface area (Å²) in [5.41, 5.74) is 3.64. The molecule has 2 saturated heterocycles. The van der Waals surface area contributed by atoms with Crippen molar-refractivity contribution >= 4 is 5.69 Å². The lowest BCUT2D eigenvalue weighted by Gasteiger charge is -2.35. The third-order valence-electron chi connectivity index (χ3n) is 4.68. The highest BCUT2D eigenvalue weighted by Crippen LogP contribution is 2.29. The standard InChI is InChI=1S/C14H24N4/c1-10-14(11(2)17(3)16-10)15-12-6-8-18-7-4-5-13(18)9-12/h12-13,15H,4-9H2,1-3H3. The third kappa shape index (κ3) is 2.03. The second-order valence-corrected chi connectivity index (χ2v) is 5.87. The molecule has 4 heteroatoms. The van der Waals surface area contributed by atoms with Crippen LogP contribution >= 0.6 is 0 Å². The monoisotopic (exact) mass is 248 g/mol. The average molecular weight is 248 g/mol. The minimum Gasteiger partial charge on any atom is -0.379 e. The van der Waals surface area contributed by atoms with E-state index in [-0.39, 0.29) is 0 Å².